The van der Waals surface area contributed by atoms with Crippen molar-refractivity contribution >= 4 is 17.2 Å². The lowest BCUT2D eigenvalue weighted by Crippen LogP contribution is -2.47. The van der Waals surface area contributed by atoms with Gasteiger partial charge in [-0.2, -0.15) is 0 Å². The Morgan fingerprint density at radius 3 is 2.48 bits per heavy atom. The third-order valence-corrected chi connectivity index (χ3v) is 5.95. The third-order valence-electron chi connectivity index (χ3n) is 4.67. The van der Waals surface area contributed by atoms with Gasteiger partial charge in [-0.05, 0) is 37.0 Å². The van der Waals surface area contributed by atoms with Crippen LogP contribution in [-0.4, -0.2) is 29.1 Å². The summed E-state index contributed by atoms with van der Waals surface area (Å²) in [5.41, 5.74) is 0.820. The van der Waals surface area contributed by atoms with E-state index in [9.17, 15) is 18.7 Å². The second-order valence-electron chi connectivity index (χ2n) is 6.75. The van der Waals surface area contributed by atoms with Crippen LogP contribution in [0.25, 0.3) is 10.4 Å². The van der Waals surface area contributed by atoms with Crippen molar-refractivity contribution < 1.29 is 18.7 Å². The van der Waals surface area contributed by atoms with Crippen molar-refractivity contribution in [1.29, 1.82) is 0 Å². The van der Waals surface area contributed by atoms with Crippen molar-refractivity contribution in [2.45, 2.75) is 44.1 Å². The zero-order valence-corrected chi connectivity index (χ0v) is 14.8. The smallest absolute Gasteiger partial charge is 0.261 e. The van der Waals surface area contributed by atoms with Crippen molar-refractivity contribution in [3.8, 4) is 10.4 Å². The van der Waals surface area contributed by atoms with Crippen LogP contribution in [0.3, 0.4) is 0 Å². The van der Waals surface area contributed by atoms with E-state index in [1.165, 1.54) is 11.3 Å². The lowest BCUT2D eigenvalue weighted by molar-refractivity contribution is -0.101. The van der Waals surface area contributed by atoms with Crippen molar-refractivity contribution in [2.75, 3.05) is 6.54 Å². The molecule has 25 heavy (non-hydrogen) atoms. The maximum absolute atomic E-state index is 13.2. The summed E-state index contributed by atoms with van der Waals surface area (Å²) in [5, 5.41) is 13.1. The van der Waals surface area contributed by atoms with Crippen molar-refractivity contribution in [3.63, 3.8) is 0 Å². The van der Waals surface area contributed by atoms with E-state index >= 15 is 0 Å². The van der Waals surface area contributed by atoms with Crippen molar-refractivity contribution in [1.82, 2.24) is 5.32 Å². The first-order valence-electron chi connectivity index (χ1n) is 8.32. The first-order valence-corrected chi connectivity index (χ1v) is 9.14. The molecule has 1 aromatic heterocycles. The van der Waals surface area contributed by atoms with Gasteiger partial charge in [0.2, 0.25) is 5.92 Å². The molecule has 3 nitrogen and oxygen atoms in total. The Morgan fingerprint density at radius 2 is 1.84 bits per heavy atom. The maximum Gasteiger partial charge on any atom is 0.261 e. The largest absolute Gasteiger partial charge is 0.388 e. The highest BCUT2D eigenvalue weighted by atomic mass is 32.1. The van der Waals surface area contributed by atoms with E-state index < -0.39 is 11.5 Å². The summed E-state index contributed by atoms with van der Waals surface area (Å²) in [4.78, 5) is 14.0. The normalized spacial score (nSPS) is 18.7. The summed E-state index contributed by atoms with van der Waals surface area (Å²) in [6.07, 6.45) is -0.677. The molecule has 1 saturated carbocycles. The number of nitrogens with one attached hydrogen (secondary N) is 1. The molecule has 0 radical (unpaired) electrons. The fourth-order valence-electron chi connectivity index (χ4n) is 3.06. The Balaban J connectivity index is 1.65. The first-order chi connectivity index (χ1) is 11.8. The summed E-state index contributed by atoms with van der Waals surface area (Å²) in [5.74, 6) is -2.98. The molecule has 1 amide bonds. The van der Waals surface area contributed by atoms with E-state index in [-0.39, 0.29) is 38.1 Å². The molecular formula is C19H21F2NO2S. The predicted octanol–water partition coefficient (Wildman–Crippen LogP) is 4.39. The van der Waals surface area contributed by atoms with Crippen LogP contribution in [0.1, 0.15) is 40.9 Å². The number of thiophene rings is 1. The molecule has 2 aromatic rings. The van der Waals surface area contributed by atoms with Crippen LogP contribution in [0.2, 0.25) is 0 Å². The average molecular weight is 365 g/mol. The van der Waals surface area contributed by atoms with Gasteiger partial charge >= 0.3 is 0 Å². The Kier molecular flexibility index (Phi) is 4.93. The number of hydrogen-bond donors (Lipinski definition) is 2. The van der Waals surface area contributed by atoms with Gasteiger partial charge in [-0.15, -0.1) is 11.3 Å². The number of aryl methyl sites for hydroxylation is 1. The lowest BCUT2D eigenvalue weighted by Gasteiger charge is -2.35. The minimum Gasteiger partial charge on any atom is -0.388 e. The molecule has 2 N–H and O–H groups in total. The number of rotatable bonds is 4. The van der Waals surface area contributed by atoms with Crippen molar-refractivity contribution in [3.05, 3.63) is 46.8 Å². The maximum atomic E-state index is 13.2. The molecule has 1 aliphatic carbocycles. The molecule has 134 valence electrons. The van der Waals surface area contributed by atoms with E-state index in [1.54, 1.807) is 0 Å². The lowest BCUT2D eigenvalue weighted by atomic mass is 9.83. The van der Waals surface area contributed by atoms with Crippen LogP contribution >= 0.6 is 11.3 Å². The van der Waals surface area contributed by atoms with Gasteiger partial charge in [0.15, 0.2) is 0 Å². The Morgan fingerprint density at radius 1 is 1.20 bits per heavy atom. The highest BCUT2D eigenvalue weighted by molar-refractivity contribution is 7.17. The van der Waals surface area contributed by atoms with Gasteiger partial charge in [0.25, 0.3) is 5.91 Å². The molecule has 1 aromatic carbocycles. The van der Waals surface area contributed by atoms with Crippen molar-refractivity contribution in [2.24, 2.45) is 0 Å². The summed E-state index contributed by atoms with van der Waals surface area (Å²) in [7, 11) is 0. The summed E-state index contributed by atoms with van der Waals surface area (Å²) >= 11 is 1.39. The summed E-state index contributed by atoms with van der Waals surface area (Å²) in [6, 6.07) is 11.6. The van der Waals surface area contributed by atoms with Gasteiger partial charge in [-0.3, -0.25) is 4.79 Å². The van der Waals surface area contributed by atoms with Gasteiger partial charge in [-0.1, -0.05) is 30.3 Å². The monoisotopic (exact) mass is 365 g/mol. The van der Waals surface area contributed by atoms with E-state index in [1.807, 2.05) is 43.3 Å². The topological polar surface area (TPSA) is 49.3 Å². The van der Waals surface area contributed by atoms with E-state index in [0.29, 0.717) is 4.88 Å². The molecular weight excluding hydrogens is 344 g/mol. The molecule has 0 aliphatic heterocycles. The quantitative estimate of drug-likeness (QED) is 0.844. The number of carbonyl (C=O) groups excluding carboxylic acids is 1. The van der Waals surface area contributed by atoms with Gasteiger partial charge in [0.05, 0.1) is 10.5 Å². The molecule has 0 saturated heterocycles. The summed E-state index contributed by atoms with van der Waals surface area (Å²) in [6.45, 7) is 1.95. The van der Waals surface area contributed by atoms with Gasteiger partial charge in [0.1, 0.15) is 0 Å². The van der Waals surface area contributed by atoms with Crippen LogP contribution in [-0.2, 0) is 0 Å². The molecule has 0 unspecified atom stereocenters. The van der Waals surface area contributed by atoms with Gasteiger partial charge in [0, 0.05) is 24.3 Å². The highest BCUT2D eigenvalue weighted by Gasteiger charge is 2.42. The molecule has 3 rings (SSSR count). The minimum absolute atomic E-state index is 0.000465. The minimum atomic E-state index is -2.70. The SMILES string of the molecule is Cc1cc(C(=O)NCC2(O)CCC(F)(F)CC2)sc1-c1ccccc1. The zero-order valence-electron chi connectivity index (χ0n) is 14.0. The standard InChI is InChI=1S/C19H21F2NO2S/c1-13-11-15(25-16(13)14-5-3-2-4-6-14)17(23)22-12-18(24)7-9-19(20,21)10-8-18/h2-6,11,24H,7-10,12H2,1H3,(H,22,23). The van der Waals surface area contributed by atoms with E-state index in [0.717, 1.165) is 16.0 Å². The predicted molar refractivity (Wildman–Crippen MR) is 95.2 cm³/mol. The van der Waals surface area contributed by atoms with Crippen LogP contribution in [0.15, 0.2) is 36.4 Å². The molecule has 1 fully saturated rings. The number of aliphatic hydroxyl groups is 1. The molecule has 1 heterocycles. The molecule has 1 aliphatic rings. The van der Waals surface area contributed by atoms with Crippen LogP contribution in [0, 0.1) is 6.92 Å². The molecule has 6 heteroatoms. The number of alkyl halides is 2. The van der Waals surface area contributed by atoms with E-state index in [4.69, 9.17) is 0 Å². The van der Waals surface area contributed by atoms with Crippen LogP contribution < -0.4 is 5.32 Å². The second-order valence-corrected chi connectivity index (χ2v) is 7.80. The second kappa shape index (κ2) is 6.84. The number of halogens is 2. The number of benzene rings is 1. The van der Waals surface area contributed by atoms with Crippen LogP contribution in [0.5, 0.6) is 0 Å². The fourth-order valence-corrected chi connectivity index (χ4v) is 4.15. The average Bonchev–Trinajstić information content (AvgIpc) is 2.99. The molecule has 0 atom stereocenters. The zero-order chi connectivity index (χ0) is 18.1. The third kappa shape index (κ3) is 4.25. The Hall–Kier alpha value is -1.79. The Labute approximate surface area is 149 Å². The van der Waals surface area contributed by atoms with E-state index in [2.05, 4.69) is 5.32 Å². The first kappa shape index (κ1) is 18.0. The molecule has 0 spiro atoms. The van der Waals surface area contributed by atoms with Gasteiger partial charge in [-0.25, -0.2) is 8.78 Å². The number of amides is 1. The fraction of sp³-hybridized carbons (Fsp3) is 0.421. The number of hydrogen-bond acceptors (Lipinski definition) is 3. The van der Waals surface area contributed by atoms with Gasteiger partial charge < -0.3 is 10.4 Å². The Bertz CT molecular complexity index is 748. The molecule has 0 bridgehead atoms. The highest BCUT2D eigenvalue weighted by Crippen LogP contribution is 2.38. The number of carbonyl (C=O) groups is 1. The summed E-state index contributed by atoms with van der Waals surface area (Å²) < 4.78 is 26.4. The van der Waals surface area contributed by atoms with Crippen LogP contribution in [0.4, 0.5) is 8.78 Å².